The van der Waals surface area contributed by atoms with Crippen LogP contribution in [0.2, 0.25) is 0 Å². The first-order chi connectivity index (χ1) is 15.1. The van der Waals surface area contributed by atoms with Crippen LogP contribution in [0.25, 0.3) is 11.4 Å². The molecule has 0 amide bonds. The van der Waals surface area contributed by atoms with Crippen molar-refractivity contribution in [3.63, 3.8) is 0 Å². The van der Waals surface area contributed by atoms with E-state index in [0.29, 0.717) is 40.8 Å². The first kappa shape index (κ1) is 21.9. The summed E-state index contributed by atoms with van der Waals surface area (Å²) in [6, 6.07) is 10.8. The Morgan fingerprint density at radius 3 is 2.48 bits per heavy atom. The minimum atomic E-state index is -0.397. The highest BCUT2D eigenvalue weighted by molar-refractivity contribution is 5.70. The molecule has 9 nitrogen and oxygen atoms in total. The maximum Gasteiger partial charge on any atom is 0.306 e. The van der Waals surface area contributed by atoms with Gasteiger partial charge in [-0.15, -0.1) is 0 Å². The highest BCUT2D eigenvalue weighted by atomic mass is 16.6. The average Bonchev–Trinajstić information content (AvgIpc) is 3.29. The second-order valence-electron chi connectivity index (χ2n) is 6.39. The monoisotopic (exact) mass is 428 g/mol. The fraction of sp³-hybridized carbons (Fsp3) is 0.318. The summed E-state index contributed by atoms with van der Waals surface area (Å²) in [5.74, 6) is 2.51. The first-order valence-electron chi connectivity index (χ1n) is 9.50. The minimum Gasteiger partial charge on any atom is -0.497 e. The largest absolute Gasteiger partial charge is 0.497 e. The molecule has 2 aromatic carbocycles. The Labute approximate surface area is 179 Å². The third-order valence-electron chi connectivity index (χ3n) is 4.56. The van der Waals surface area contributed by atoms with Crippen molar-refractivity contribution in [2.45, 2.75) is 19.4 Å². The fourth-order valence-corrected chi connectivity index (χ4v) is 3.01. The SMILES string of the molecule is COc1ccc(-c2noc(COC(=O)CCc3cccc(OC)c3OC)n2)c(OC)c1. The molecule has 0 saturated carbocycles. The summed E-state index contributed by atoms with van der Waals surface area (Å²) < 4.78 is 31.6. The van der Waals surface area contributed by atoms with Gasteiger partial charge in [0.05, 0.1) is 34.0 Å². The minimum absolute atomic E-state index is 0.125. The molecule has 0 fully saturated rings. The van der Waals surface area contributed by atoms with Crippen molar-refractivity contribution in [3.8, 4) is 34.4 Å². The second kappa shape index (κ2) is 10.3. The maximum absolute atomic E-state index is 12.2. The first-order valence-corrected chi connectivity index (χ1v) is 9.50. The van der Waals surface area contributed by atoms with E-state index >= 15 is 0 Å². The van der Waals surface area contributed by atoms with E-state index in [4.69, 9.17) is 28.2 Å². The van der Waals surface area contributed by atoms with Crippen LogP contribution in [0.4, 0.5) is 0 Å². The van der Waals surface area contributed by atoms with E-state index in [2.05, 4.69) is 10.1 Å². The molecular formula is C22H24N2O7. The number of carbonyl (C=O) groups is 1. The zero-order chi connectivity index (χ0) is 22.2. The molecule has 0 saturated heterocycles. The Morgan fingerprint density at radius 2 is 1.77 bits per heavy atom. The molecule has 1 heterocycles. The third-order valence-corrected chi connectivity index (χ3v) is 4.56. The predicted molar refractivity (Wildman–Crippen MR) is 111 cm³/mol. The van der Waals surface area contributed by atoms with Gasteiger partial charge in [-0.25, -0.2) is 0 Å². The van der Waals surface area contributed by atoms with Crippen LogP contribution in [0.1, 0.15) is 17.9 Å². The van der Waals surface area contributed by atoms with Crippen molar-refractivity contribution in [2.75, 3.05) is 28.4 Å². The Hall–Kier alpha value is -3.75. The molecule has 0 N–H and O–H groups in total. The molecule has 0 bridgehead atoms. The lowest BCUT2D eigenvalue weighted by molar-refractivity contribution is -0.145. The van der Waals surface area contributed by atoms with Crippen LogP contribution in [-0.4, -0.2) is 44.5 Å². The predicted octanol–water partition coefficient (Wildman–Crippen LogP) is 3.45. The summed E-state index contributed by atoms with van der Waals surface area (Å²) in [6.45, 7) is -0.125. The summed E-state index contributed by atoms with van der Waals surface area (Å²) >= 11 is 0. The second-order valence-corrected chi connectivity index (χ2v) is 6.39. The number of benzene rings is 2. The van der Waals surface area contributed by atoms with E-state index in [1.807, 2.05) is 12.1 Å². The molecule has 0 unspecified atom stereocenters. The van der Waals surface area contributed by atoms with E-state index in [0.717, 1.165) is 5.56 Å². The average molecular weight is 428 g/mol. The number of hydrogen-bond donors (Lipinski definition) is 0. The fourth-order valence-electron chi connectivity index (χ4n) is 3.01. The smallest absolute Gasteiger partial charge is 0.306 e. The number of aryl methyl sites for hydroxylation is 1. The lowest BCUT2D eigenvalue weighted by atomic mass is 10.1. The van der Waals surface area contributed by atoms with E-state index in [1.54, 1.807) is 52.7 Å². The maximum atomic E-state index is 12.2. The number of ether oxygens (including phenoxy) is 5. The molecule has 31 heavy (non-hydrogen) atoms. The third kappa shape index (κ3) is 5.25. The van der Waals surface area contributed by atoms with Crippen LogP contribution < -0.4 is 18.9 Å². The number of aromatic nitrogens is 2. The topological polar surface area (TPSA) is 102 Å². The van der Waals surface area contributed by atoms with Gasteiger partial charge in [-0.1, -0.05) is 17.3 Å². The van der Waals surface area contributed by atoms with E-state index in [1.165, 1.54) is 0 Å². The molecule has 3 aromatic rings. The molecule has 0 spiro atoms. The van der Waals surface area contributed by atoms with Gasteiger partial charge in [0.1, 0.15) is 11.5 Å². The van der Waals surface area contributed by atoms with Gasteiger partial charge >= 0.3 is 5.97 Å². The highest BCUT2D eigenvalue weighted by Gasteiger charge is 2.16. The molecular weight excluding hydrogens is 404 g/mol. The molecule has 0 aliphatic carbocycles. The van der Waals surface area contributed by atoms with Gasteiger partial charge in [0.25, 0.3) is 5.89 Å². The molecule has 164 valence electrons. The van der Waals surface area contributed by atoms with E-state index in [9.17, 15) is 4.79 Å². The molecule has 9 heteroatoms. The van der Waals surface area contributed by atoms with Crippen molar-refractivity contribution in [1.82, 2.24) is 10.1 Å². The van der Waals surface area contributed by atoms with Gasteiger partial charge in [-0.05, 0) is 30.2 Å². The van der Waals surface area contributed by atoms with Gasteiger partial charge in [0.2, 0.25) is 5.82 Å². The van der Waals surface area contributed by atoms with Crippen LogP contribution in [0.15, 0.2) is 40.9 Å². The number of hydrogen-bond acceptors (Lipinski definition) is 9. The highest BCUT2D eigenvalue weighted by Crippen LogP contribution is 2.32. The summed E-state index contributed by atoms with van der Waals surface area (Å²) in [5, 5.41) is 3.94. The summed E-state index contributed by atoms with van der Waals surface area (Å²) in [7, 11) is 6.23. The molecule has 0 aliphatic heterocycles. The number of methoxy groups -OCH3 is 4. The Bertz CT molecular complexity index is 1030. The number of carbonyl (C=O) groups excluding carboxylic acids is 1. The molecule has 0 radical (unpaired) electrons. The van der Waals surface area contributed by atoms with Crippen molar-refractivity contribution in [2.24, 2.45) is 0 Å². The number of para-hydroxylation sites is 1. The van der Waals surface area contributed by atoms with E-state index in [-0.39, 0.29) is 18.9 Å². The van der Waals surface area contributed by atoms with Crippen molar-refractivity contribution in [3.05, 3.63) is 47.9 Å². The number of esters is 1. The lowest BCUT2D eigenvalue weighted by Gasteiger charge is -2.12. The van der Waals surface area contributed by atoms with Gasteiger partial charge in [-0.3, -0.25) is 4.79 Å². The Balaban J connectivity index is 1.58. The van der Waals surface area contributed by atoms with Crippen molar-refractivity contribution in [1.29, 1.82) is 0 Å². The zero-order valence-corrected chi connectivity index (χ0v) is 17.8. The van der Waals surface area contributed by atoms with Crippen molar-refractivity contribution < 1.29 is 33.0 Å². The normalized spacial score (nSPS) is 10.5. The molecule has 3 rings (SSSR count). The Morgan fingerprint density at radius 1 is 0.968 bits per heavy atom. The molecule has 0 atom stereocenters. The van der Waals surface area contributed by atoms with Gasteiger partial charge in [0.15, 0.2) is 18.1 Å². The van der Waals surface area contributed by atoms with Crippen LogP contribution >= 0.6 is 0 Å². The van der Waals surface area contributed by atoms with Gasteiger partial charge in [0, 0.05) is 12.5 Å². The Kier molecular flexibility index (Phi) is 7.31. The van der Waals surface area contributed by atoms with Crippen LogP contribution in [-0.2, 0) is 22.6 Å². The summed E-state index contributed by atoms with van der Waals surface area (Å²) in [5.41, 5.74) is 1.49. The zero-order valence-electron chi connectivity index (χ0n) is 17.8. The van der Waals surface area contributed by atoms with Crippen LogP contribution in [0, 0.1) is 0 Å². The number of rotatable bonds is 10. The summed E-state index contributed by atoms with van der Waals surface area (Å²) in [4.78, 5) is 16.4. The standard InChI is InChI=1S/C22H24N2O7/c1-26-15-9-10-16(18(12-15)28-3)22-23-19(31-24-22)13-30-20(25)11-8-14-6-5-7-17(27-2)21(14)29-4/h5-7,9-10,12H,8,11,13H2,1-4H3. The van der Waals surface area contributed by atoms with Crippen molar-refractivity contribution >= 4 is 5.97 Å². The van der Waals surface area contributed by atoms with Crippen LogP contribution in [0.3, 0.4) is 0 Å². The number of nitrogens with zero attached hydrogens (tertiary/aromatic N) is 2. The lowest BCUT2D eigenvalue weighted by Crippen LogP contribution is -2.07. The molecule has 0 aliphatic rings. The van der Waals surface area contributed by atoms with Crippen LogP contribution in [0.5, 0.6) is 23.0 Å². The summed E-state index contributed by atoms with van der Waals surface area (Å²) in [6.07, 6.45) is 0.605. The quantitative estimate of drug-likeness (QED) is 0.449. The van der Waals surface area contributed by atoms with Gasteiger partial charge < -0.3 is 28.2 Å². The van der Waals surface area contributed by atoms with E-state index < -0.39 is 5.97 Å². The van der Waals surface area contributed by atoms with Gasteiger partial charge in [-0.2, -0.15) is 4.98 Å². The molecule has 1 aromatic heterocycles.